The smallest absolute Gasteiger partial charge is 0.550 e. The summed E-state index contributed by atoms with van der Waals surface area (Å²) in [6, 6.07) is 15.5. The summed E-state index contributed by atoms with van der Waals surface area (Å²) >= 11 is 0. The average Bonchev–Trinajstić information content (AvgIpc) is 3.26. The van der Waals surface area contributed by atoms with Gasteiger partial charge in [-0.05, 0) is 61.9 Å². The summed E-state index contributed by atoms with van der Waals surface area (Å²) in [7, 11) is 0. The summed E-state index contributed by atoms with van der Waals surface area (Å²) in [4.78, 5) is 26.3. The van der Waals surface area contributed by atoms with E-state index in [0.717, 1.165) is 11.1 Å². The second kappa shape index (κ2) is 15.3. The Labute approximate surface area is 250 Å². The fourth-order valence-corrected chi connectivity index (χ4v) is 4.56. The molecule has 0 unspecified atom stereocenters. The van der Waals surface area contributed by atoms with Crippen molar-refractivity contribution in [2.75, 3.05) is 6.54 Å². The van der Waals surface area contributed by atoms with Crippen molar-refractivity contribution >= 4 is 11.9 Å². The zero-order valence-corrected chi connectivity index (χ0v) is 25.0. The van der Waals surface area contributed by atoms with Crippen LogP contribution < -0.4 is 34.7 Å². The molecule has 0 radical (unpaired) electrons. The molecule has 39 heavy (non-hydrogen) atoms. The third-order valence-corrected chi connectivity index (χ3v) is 6.42. The molecule has 10 heteroatoms. The van der Waals surface area contributed by atoms with Gasteiger partial charge in [0.15, 0.2) is 5.69 Å². The van der Waals surface area contributed by atoms with E-state index < -0.39 is 30.4 Å². The largest absolute Gasteiger partial charge is 1.00 e. The normalized spacial score (nSPS) is 12.6. The van der Waals surface area contributed by atoms with Gasteiger partial charge in [0.1, 0.15) is 5.82 Å². The van der Waals surface area contributed by atoms with E-state index in [2.05, 4.69) is 0 Å². The van der Waals surface area contributed by atoms with Crippen LogP contribution in [0.2, 0.25) is 0 Å². The van der Waals surface area contributed by atoms with Crippen molar-refractivity contribution in [1.82, 2.24) is 14.7 Å². The number of carbonyl (C=O) groups is 2. The van der Waals surface area contributed by atoms with Gasteiger partial charge in [0, 0.05) is 36.7 Å². The van der Waals surface area contributed by atoms with Gasteiger partial charge in [-0.25, -0.2) is 9.07 Å². The number of hydrogen-bond donors (Lipinski definition) is 2. The molecule has 3 aromatic rings. The topological polar surface area (TPSA) is 119 Å². The van der Waals surface area contributed by atoms with E-state index >= 15 is 0 Å². The summed E-state index contributed by atoms with van der Waals surface area (Å²) in [6.07, 6.45) is -2.39. The number of benzene rings is 2. The molecule has 1 heterocycles. The van der Waals surface area contributed by atoms with Crippen LogP contribution in [0, 0.1) is 5.82 Å². The van der Waals surface area contributed by atoms with Crippen LogP contribution in [0.1, 0.15) is 73.3 Å². The van der Waals surface area contributed by atoms with Gasteiger partial charge >= 0.3 is 29.6 Å². The Morgan fingerprint density at radius 2 is 1.69 bits per heavy atom. The molecule has 1 aromatic heterocycles. The number of hydrogen-bond acceptors (Lipinski definition) is 6. The number of carboxylic acids is 1. The Morgan fingerprint density at radius 1 is 1.05 bits per heavy atom. The zero-order chi connectivity index (χ0) is 27.8. The Kier molecular flexibility index (Phi) is 12.8. The minimum absolute atomic E-state index is 0. The molecule has 0 saturated carbocycles. The predicted octanol–water partition coefficient (Wildman–Crippen LogP) is -0.0144. The molecule has 0 fully saturated rings. The predicted molar refractivity (Wildman–Crippen MR) is 139 cm³/mol. The van der Waals surface area contributed by atoms with Crippen LogP contribution in [0.3, 0.4) is 0 Å². The second-order valence-electron chi connectivity index (χ2n) is 9.71. The first-order chi connectivity index (χ1) is 18.1. The fraction of sp³-hybridized carbons (Fsp3) is 0.414. The number of carbonyl (C=O) groups excluding carboxylic acids is 2. The number of aliphatic carboxylic acids is 1. The van der Waals surface area contributed by atoms with Gasteiger partial charge in [0.05, 0.1) is 17.9 Å². The molecule has 0 bridgehead atoms. The van der Waals surface area contributed by atoms with Crippen LogP contribution >= 0.6 is 0 Å². The molecule has 2 aromatic carbocycles. The van der Waals surface area contributed by atoms with E-state index in [9.17, 15) is 29.3 Å². The molecule has 0 aliphatic carbocycles. The quantitative estimate of drug-likeness (QED) is 0.291. The Hall–Kier alpha value is -2.56. The summed E-state index contributed by atoms with van der Waals surface area (Å²) in [5, 5.41) is 35.8. The minimum atomic E-state index is -1.39. The van der Waals surface area contributed by atoms with Gasteiger partial charge in [-0.15, -0.1) is 0 Å². The minimum Gasteiger partial charge on any atom is -0.550 e. The van der Waals surface area contributed by atoms with Gasteiger partial charge in [-0.1, -0.05) is 44.2 Å². The zero-order valence-electron chi connectivity index (χ0n) is 23.0. The van der Waals surface area contributed by atoms with Crippen molar-refractivity contribution in [3.63, 3.8) is 0 Å². The van der Waals surface area contributed by atoms with Gasteiger partial charge in [-0.2, -0.15) is 5.10 Å². The van der Waals surface area contributed by atoms with Crippen molar-refractivity contribution in [3.05, 3.63) is 82.9 Å². The maximum Gasteiger partial charge on any atom is 1.00 e. The number of nitrogens with zero attached hydrogens (tertiary/aromatic N) is 3. The molecular formula is C29H35FN3NaO5. The molecule has 204 valence electrons. The number of aliphatic hydroxyl groups excluding tert-OH is 2. The summed E-state index contributed by atoms with van der Waals surface area (Å²) in [5.74, 6) is -2.11. The first-order valence-corrected chi connectivity index (χ1v) is 12.9. The van der Waals surface area contributed by atoms with Crippen molar-refractivity contribution in [3.8, 4) is 5.69 Å². The molecule has 0 saturated heterocycles. The van der Waals surface area contributed by atoms with Crippen LogP contribution in [0.25, 0.3) is 5.69 Å². The monoisotopic (exact) mass is 547 g/mol. The molecular weight excluding hydrogens is 512 g/mol. The third kappa shape index (κ3) is 8.98. The molecule has 1 amide bonds. The van der Waals surface area contributed by atoms with Crippen molar-refractivity contribution in [2.45, 2.75) is 71.1 Å². The van der Waals surface area contributed by atoms with E-state index in [1.807, 2.05) is 51.1 Å². The number of rotatable bonds is 13. The van der Waals surface area contributed by atoms with Gasteiger partial charge in [0.25, 0.3) is 5.91 Å². The van der Waals surface area contributed by atoms with Crippen LogP contribution in [0.4, 0.5) is 4.39 Å². The first kappa shape index (κ1) is 32.7. The molecule has 0 spiro atoms. The van der Waals surface area contributed by atoms with E-state index in [0.29, 0.717) is 36.6 Å². The van der Waals surface area contributed by atoms with Gasteiger partial charge < -0.3 is 25.0 Å². The van der Waals surface area contributed by atoms with E-state index in [1.165, 1.54) is 12.1 Å². The van der Waals surface area contributed by atoms with Gasteiger partial charge in [-0.3, -0.25) is 4.79 Å². The molecule has 0 aliphatic rings. The summed E-state index contributed by atoms with van der Waals surface area (Å²) < 4.78 is 15.3. The number of aliphatic hydroxyl groups is 2. The summed E-state index contributed by atoms with van der Waals surface area (Å²) in [5.41, 5.74) is 3.28. The molecule has 2 atom stereocenters. The Morgan fingerprint density at radius 3 is 2.26 bits per heavy atom. The van der Waals surface area contributed by atoms with Crippen LogP contribution in [0.15, 0.2) is 54.6 Å². The van der Waals surface area contributed by atoms with Crippen molar-refractivity contribution < 1.29 is 58.9 Å². The number of halogens is 1. The van der Waals surface area contributed by atoms with E-state index in [1.54, 1.807) is 21.7 Å². The molecule has 2 N–H and O–H groups in total. The van der Waals surface area contributed by atoms with Crippen molar-refractivity contribution in [1.29, 1.82) is 0 Å². The molecule has 0 aliphatic heterocycles. The van der Waals surface area contributed by atoms with Crippen molar-refractivity contribution in [2.24, 2.45) is 0 Å². The number of aromatic nitrogens is 2. The maximum absolute atomic E-state index is 13.8. The van der Waals surface area contributed by atoms with Crippen LogP contribution in [-0.2, 0) is 17.8 Å². The fourth-order valence-electron chi connectivity index (χ4n) is 4.56. The van der Waals surface area contributed by atoms with E-state index in [4.69, 9.17) is 5.10 Å². The number of amides is 1. The Bertz CT molecular complexity index is 1220. The molecule has 8 nitrogen and oxygen atoms in total. The Balaban J connectivity index is 0.00000533. The number of carboxylic acid groups (broad SMARTS) is 1. The maximum atomic E-state index is 13.8. The average molecular weight is 548 g/mol. The van der Waals surface area contributed by atoms with Crippen LogP contribution in [-0.4, -0.2) is 55.5 Å². The standard InChI is InChI=1S/C29H36FN3O5.Na/c1-4-32(18-20-8-6-5-7-9-20)29(38)28-27(19(2)3)25(15-14-23(34)16-24(35)17-26(36)37)33(31-28)22-12-10-21(30)11-13-22;/h5-13,19,23-24,34-35H,4,14-18H2,1-3H3,(H,36,37);/q;+1/p-1/t23-,24-;/m1./s1. The summed E-state index contributed by atoms with van der Waals surface area (Å²) in [6.45, 7) is 6.71. The second-order valence-corrected chi connectivity index (χ2v) is 9.71. The SMILES string of the molecule is CCN(Cc1ccccc1)C(=O)c1nn(-c2ccc(F)cc2)c(CC[C@@H](O)C[C@@H](O)CC(=O)[O-])c1C(C)C.[Na+]. The molecule has 3 rings (SSSR count). The van der Waals surface area contributed by atoms with E-state index in [-0.39, 0.29) is 54.2 Å². The van der Waals surface area contributed by atoms with Crippen LogP contribution in [0.5, 0.6) is 0 Å². The van der Waals surface area contributed by atoms with Gasteiger partial charge in [0.2, 0.25) is 0 Å². The third-order valence-electron chi connectivity index (χ3n) is 6.42. The first-order valence-electron chi connectivity index (χ1n) is 12.9.